The third-order valence-electron chi connectivity index (χ3n) is 5.30. The Morgan fingerprint density at radius 3 is 2.42 bits per heavy atom. The van der Waals surface area contributed by atoms with Crippen LogP contribution >= 0.6 is 15.9 Å². The van der Waals surface area contributed by atoms with Gasteiger partial charge < -0.3 is 4.43 Å². The lowest BCUT2D eigenvalue weighted by Gasteiger charge is -2.36. The van der Waals surface area contributed by atoms with Crippen molar-refractivity contribution in [2.45, 2.75) is 45.4 Å². The van der Waals surface area contributed by atoms with Gasteiger partial charge in [-0.15, -0.1) is 0 Å². The number of halogens is 1. The average molecular weight is 429 g/mol. The van der Waals surface area contributed by atoms with E-state index in [2.05, 4.69) is 109 Å². The number of aromatic nitrogens is 1. The Balaban J connectivity index is 1.90. The molecule has 0 saturated carbocycles. The predicted octanol–water partition coefficient (Wildman–Crippen LogP) is 6.32. The quantitative estimate of drug-likeness (QED) is 0.349. The molecule has 3 aromatic rings. The zero-order valence-electron chi connectivity index (χ0n) is 16.2. The van der Waals surface area contributed by atoms with Crippen LogP contribution in [0, 0.1) is 0 Å². The summed E-state index contributed by atoms with van der Waals surface area (Å²) in [6.07, 6.45) is 4.34. The predicted molar refractivity (Wildman–Crippen MR) is 115 cm³/mol. The molecule has 0 fully saturated rings. The Labute approximate surface area is 166 Å². The molecule has 0 spiro atoms. The van der Waals surface area contributed by atoms with Crippen molar-refractivity contribution in [3.8, 4) is 5.75 Å². The molecule has 26 heavy (non-hydrogen) atoms. The maximum absolute atomic E-state index is 6.47. The molecular weight excluding hydrogens is 402 g/mol. The second-order valence-corrected chi connectivity index (χ2v) is 13.9. The molecule has 3 rings (SSSR count). The van der Waals surface area contributed by atoms with Crippen molar-refractivity contribution in [1.29, 1.82) is 0 Å². The Kier molecular flexibility index (Phi) is 5.27. The number of fused-ring (bicyclic) bond motifs is 1. The molecule has 0 N–H and O–H groups in total. The second kappa shape index (κ2) is 7.16. The van der Waals surface area contributed by atoms with Gasteiger partial charge in [-0.05, 0) is 41.7 Å². The van der Waals surface area contributed by atoms with Gasteiger partial charge in [0, 0.05) is 21.5 Å². The molecule has 0 radical (unpaired) electrons. The lowest BCUT2D eigenvalue weighted by Crippen LogP contribution is -2.43. The Bertz CT molecular complexity index is 931. The standard InChI is InChI=1S/C22H27BrNOSi/c1-22(2,3)26(4,5)25-20-11-10-17-12-13-24(16-19(17)14-20)15-18-8-6-7-9-21(18)23/h6-14,16H,15H2,1-5H3/q+1. The van der Waals surface area contributed by atoms with Crippen LogP contribution in [0.3, 0.4) is 0 Å². The molecule has 0 unspecified atom stereocenters. The molecule has 0 aliphatic rings. The minimum atomic E-state index is -1.83. The van der Waals surface area contributed by atoms with E-state index in [1.165, 1.54) is 16.3 Å². The number of benzene rings is 2. The van der Waals surface area contributed by atoms with Gasteiger partial charge in [0.2, 0.25) is 8.32 Å². The van der Waals surface area contributed by atoms with Gasteiger partial charge in [-0.1, -0.05) is 61.0 Å². The summed E-state index contributed by atoms with van der Waals surface area (Å²) in [5.74, 6) is 0.975. The molecule has 2 aromatic carbocycles. The fourth-order valence-electron chi connectivity index (χ4n) is 2.65. The molecule has 0 aliphatic carbocycles. The van der Waals surface area contributed by atoms with Gasteiger partial charge in [0.15, 0.2) is 18.9 Å². The molecule has 0 bridgehead atoms. The van der Waals surface area contributed by atoms with Crippen molar-refractivity contribution in [2.24, 2.45) is 0 Å². The maximum Gasteiger partial charge on any atom is 0.250 e. The van der Waals surface area contributed by atoms with Crippen molar-refractivity contribution in [1.82, 2.24) is 0 Å². The van der Waals surface area contributed by atoms with Crippen molar-refractivity contribution < 1.29 is 8.99 Å². The fraction of sp³-hybridized carbons (Fsp3) is 0.318. The van der Waals surface area contributed by atoms with Crippen LogP contribution in [0.15, 0.2) is 65.4 Å². The smallest absolute Gasteiger partial charge is 0.250 e. The van der Waals surface area contributed by atoms with Crippen LogP contribution in [0.2, 0.25) is 18.1 Å². The molecule has 0 aliphatic heterocycles. The molecule has 136 valence electrons. The largest absolute Gasteiger partial charge is 0.543 e. The van der Waals surface area contributed by atoms with Gasteiger partial charge in [-0.25, -0.2) is 4.57 Å². The topological polar surface area (TPSA) is 13.1 Å². The van der Waals surface area contributed by atoms with Crippen LogP contribution in [-0.4, -0.2) is 8.32 Å². The van der Waals surface area contributed by atoms with Gasteiger partial charge in [0.1, 0.15) is 5.75 Å². The summed E-state index contributed by atoms with van der Waals surface area (Å²) in [5.41, 5.74) is 1.27. The molecule has 0 saturated heterocycles. The van der Waals surface area contributed by atoms with Gasteiger partial charge in [-0.3, -0.25) is 0 Å². The fourth-order valence-corrected chi connectivity index (χ4v) is 4.08. The number of hydrogen-bond acceptors (Lipinski definition) is 1. The van der Waals surface area contributed by atoms with Crippen molar-refractivity contribution in [3.63, 3.8) is 0 Å². The molecule has 4 heteroatoms. The summed E-state index contributed by atoms with van der Waals surface area (Å²) < 4.78 is 9.84. The Morgan fingerprint density at radius 2 is 1.73 bits per heavy atom. The lowest BCUT2D eigenvalue weighted by molar-refractivity contribution is -0.687. The number of hydrogen-bond donors (Lipinski definition) is 0. The molecule has 1 heterocycles. The first kappa shape index (κ1) is 19.1. The highest BCUT2D eigenvalue weighted by atomic mass is 79.9. The highest BCUT2D eigenvalue weighted by Crippen LogP contribution is 2.37. The zero-order valence-corrected chi connectivity index (χ0v) is 18.8. The second-order valence-electron chi connectivity index (χ2n) is 8.36. The third kappa shape index (κ3) is 4.18. The molecular formula is C22H27BrNOSi+. The zero-order chi connectivity index (χ0) is 18.9. The van der Waals surface area contributed by atoms with Crippen LogP contribution in [0.1, 0.15) is 26.3 Å². The van der Waals surface area contributed by atoms with Crippen molar-refractivity contribution >= 4 is 35.0 Å². The third-order valence-corrected chi connectivity index (χ3v) is 10.4. The Hall–Kier alpha value is -1.65. The highest BCUT2D eigenvalue weighted by molar-refractivity contribution is 9.10. The van der Waals surface area contributed by atoms with Crippen LogP contribution in [0.5, 0.6) is 5.75 Å². The van der Waals surface area contributed by atoms with Crippen LogP contribution < -0.4 is 8.99 Å². The Morgan fingerprint density at radius 1 is 1.00 bits per heavy atom. The normalized spacial score (nSPS) is 12.4. The minimum absolute atomic E-state index is 0.193. The van der Waals surface area contributed by atoms with E-state index in [1.807, 2.05) is 6.07 Å². The lowest BCUT2D eigenvalue weighted by atomic mass is 10.1. The van der Waals surface area contributed by atoms with E-state index in [0.717, 1.165) is 16.8 Å². The van der Waals surface area contributed by atoms with Gasteiger partial charge >= 0.3 is 0 Å². The summed E-state index contributed by atoms with van der Waals surface area (Å²) in [5, 5.41) is 2.63. The van der Waals surface area contributed by atoms with Gasteiger partial charge in [0.05, 0.1) is 0 Å². The van der Waals surface area contributed by atoms with Crippen LogP contribution in [0.25, 0.3) is 10.8 Å². The molecule has 0 amide bonds. The SMILES string of the molecule is CC(C)(C)[Si](C)(C)Oc1ccc2cc[n+](Cc3ccccc3Br)cc2c1. The summed E-state index contributed by atoms with van der Waals surface area (Å²) in [6, 6.07) is 17.0. The minimum Gasteiger partial charge on any atom is -0.543 e. The summed E-state index contributed by atoms with van der Waals surface area (Å²) in [4.78, 5) is 0. The van der Waals surface area contributed by atoms with Crippen LogP contribution in [0.4, 0.5) is 0 Å². The summed E-state index contributed by atoms with van der Waals surface area (Å²) in [6.45, 7) is 12.2. The van der Waals surface area contributed by atoms with E-state index >= 15 is 0 Å². The summed E-state index contributed by atoms with van der Waals surface area (Å²) >= 11 is 3.64. The molecule has 2 nitrogen and oxygen atoms in total. The van der Waals surface area contributed by atoms with E-state index in [1.54, 1.807) is 0 Å². The maximum atomic E-state index is 6.47. The van der Waals surface area contributed by atoms with Gasteiger partial charge in [-0.2, -0.15) is 0 Å². The number of rotatable bonds is 4. The average Bonchev–Trinajstić information content (AvgIpc) is 2.55. The molecule has 1 aromatic heterocycles. The van der Waals surface area contributed by atoms with Gasteiger partial charge in [0.25, 0.3) is 0 Å². The first-order chi connectivity index (χ1) is 12.2. The van der Waals surface area contributed by atoms with E-state index in [9.17, 15) is 0 Å². The van der Waals surface area contributed by atoms with E-state index < -0.39 is 8.32 Å². The summed E-state index contributed by atoms with van der Waals surface area (Å²) in [7, 11) is -1.83. The van der Waals surface area contributed by atoms with E-state index in [4.69, 9.17) is 4.43 Å². The molecule has 0 atom stereocenters. The van der Waals surface area contributed by atoms with Crippen molar-refractivity contribution in [2.75, 3.05) is 0 Å². The first-order valence-electron chi connectivity index (χ1n) is 9.01. The van der Waals surface area contributed by atoms with Crippen molar-refractivity contribution in [3.05, 3.63) is 71.0 Å². The van der Waals surface area contributed by atoms with E-state index in [-0.39, 0.29) is 5.04 Å². The highest BCUT2D eigenvalue weighted by Gasteiger charge is 2.38. The van der Waals surface area contributed by atoms with E-state index in [0.29, 0.717) is 0 Å². The van der Waals surface area contributed by atoms with Crippen LogP contribution in [-0.2, 0) is 6.54 Å². The first-order valence-corrected chi connectivity index (χ1v) is 12.7. The monoisotopic (exact) mass is 428 g/mol. The number of pyridine rings is 1. The number of nitrogens with zero attached hydrogens (tertiary/aromatic N) is 1.